The highest BCUT2D eigenvalue weighted by atomic mass is 35.5. The SMILES string of the molecule is CNC(C)c1ccnc(Sc2ccc(Cl)c(Cl)c2)c1. The maximum atomic E-state index is 6.01. The quantitative estimate of drug-likeness (QED) is 0.876. The molecule has 19 heavy (non-hydrogen) atoms. The lowest BCUT2D eigenvalue weighted by Gasteiger charge is -2.11. The lowest BCUT2D eigenvalue weighted by atomic mass is 10.1. The van der Waals surface area contributed by atoms with Gasteiger partial charge in [-0.15, -0.1) is 0 Å². The van der Waals surface area contributed by atoms with Gasteiger partial charge in [-0.3, -0.25) is 0 Å². The largest absolute Gasteiger partial charge is 0.313 e. The Morgan fingerprint density at radius 2 is 1.95 bits per heavy atom. The number of benzene rings is 1. The first-order chi connectivity index (χ1) is 9.10. The molecule has 0 fully saturated rings. The molecule has 0 spiro atoms. The van der Waals surface area contributed by atoms with E-state index < -0.39 is 0 Å². The van der Waals surface area contributed by atoms with Crippen molar-refractivity contribution in [2.75, 3.05) is 7.05 Å². The van der Waals surface area contributed by atoms with E-state index in [1.165, 1.54) is 5.56 Å². The second-order valence-corrected chi connectivity index (χ2v) is 6.02. The highest BCUT2D eigenvalue weighted by molar-refractivity contribution is 7.99. The predicted molar refractivity (Wildman–Crippen MR) is 82.3 cm³/mol. The van der Waals surface area contributed by atoms with Gasteiger partial charge in [-0.1, -0.05) is 35.0 Å². The first-order valence-electron chi connectivity index (χ1n) is 5.86. The highest BCUT2D eigenvalue weighted by Gasteiger charge is 2.06. The molecular weight excluding hydrogens is 299 g/mol. The molecular formula is C14H14Cl2N2S. The van der Waals surface area contributed by atoms with Gasteiger partial charge in [-0.25, -0.2) is 4.98 Å². The van der Waals surface area contributed by atoms with Gasteiger partial charge in [0.05, 0.1) is 10.0 Å². The van der Waals surface area contributed by atoms with Gasteiger partial charge in [-0.2, -0.15) is 0 Å². The van der Waals surface area contributed by atoms with Crippen LogP contribution < -0.4 is 5.32 Å². The molecule has 2 aromatic rings. The zero-order valence-corrected chi connectivity index (χ0v) is 13.0. The van der Waals surface area contributed by atoms with E-state index in [1.807, 2.05) is 31.4 Å². The average Bonchev–Trinajstić information content (AvgIpc) is 2.42. The third-order valence-corrected chi connectivity index (χ3v) is 4.47. The minimum Gasteiger partial charge on any atom is -0.313 e. The number of pyridine rings is 1. The molecule has 5 heteroatoms. The van der Waals surface area contributed by atoms with Crippen molar-refractivity contribution in [2.45, 2.75) is 22.9 Å². The Balaban J connectivity index is 2.20. The van der Waals surface area contributed by atoms with Crippen molar-refractivity contribution in [3.8, 4) is 0 Å². The summed E-state index contributed by atoms with van der Waals surface area (Å²) in [6, 6.07) is 9.98. The normalized spacial score (nSPS) is 12.4. The van der Waals surface area contributed by atoms with E-state index in [1.54, 1.807) is 17.8 Å². The number of nitrogens with one attached hydrogen (secondary N) is 1. The second-order valence-electron chi connectivity index (χ2n) is 4.12. The molecule has 1 aromatic heterocycles. The fourth-order valence-electron chi connectivity index (χ4n) is 1.58. The molecule has 0 aliphatic carbocycles. The van der Waals surface area contributed by atoms with Gasteiger partial charge in [0.15, 0.2) is 0 Å². The number of rotatable bonds is 4. The molecule has 1 heterocycles. The Morgan fingerprint density at radius 3 is 2.63 bits per heavy atom. The first-order valence-corrected chi connectivity index (χ1v) is 7.43. The fraction of sp³-hybridized carbons (Fsp3) is 0.214. The maximum absolute atomic E-state index is 6.01. The van der Waals surface area contributed by atoms with Crippen LogP contribution in [0.1, 0.15) is 18.5 Å². The van der Waals surface area contributed by atoms with Crippen LogP contribution in [0.15, 0.2) is 46.5 Å². The molecule has 2 nitrogen and oxygen atoms in total. The molecule has 1 aromatic carbocycles. The molecule has 1 unspecified atom stereocenters. The molecule has 0 aliphatic rings. The zero-order valence-electron chi connectivity index (χ0n) is 10.7. The summed E-state index contributed by atoms with van der Waals surface area (Å²) in [7, 11) is 1.94. The third-order valence-electron chi connectivity index (χ3n) is 2.81. The lowest BCUT2D eigenvalue weighted by Crippen LogP contribution is -2.12. The highest BCUT2D eigenvalue weighted by Crippen LogP contribution is 2.32. The number of hydrogen-bond donors (Lipinski definition) is 1. The Hall–Kier alpha value is -0.740. The van der Waals surface area contributed by atoms with Gasteiger partial charge in [0.25, 0.3) is 0 Å². The minimum atomic E-state index is 0.302. The van der Waals surface area contributed by atoms with Crippen molar-refractivity contribution in [2.24, 2.45) is 0 Å². The Morgan fingerprint density at radius 1 is 1.16 bits per heavy atom. The average molecular weight is 313 g/mol. The summed E-state index contributed by atoms with van der Waals surface area (Å²) in [4.78, 5) is 5.39. The van der Waals surface area contributed by atoms with Crippen molar-refractivity contribution < 1.29 is 0 Å². The van der Waals surface area contributed by atoms with E-state index in [0.29, 0.717) is 16.1 Å². The smallest absolute Gasteiger partial charge is 0.101 e. The molecule has 0 saturated heterocycles. The summed E-state index contributed by atoms with van der Waals surface area (Å²) in [6.45, 7) is 2.11. The van der Waals surface area contributed by atoms with E-state index >= 15 is 0 Å². The summed E-state index contributed by atoms with van der Waals surface area (Å²) in [5, 5.41) is 5.28. The molecule has 0 bridgehead atoms. The first kappa shape index (κ1) is 14.7. The van der Waals surface area contributed by atoms with E-state index in [-0.39, 0.29) is 0 Å². The van der Waals surface area contributed by atoms with Crippen molar-refractivity contribution >= 4 is 35.0 Å². The van der Waals surface area contributed by atoms with Gasteiger partial charge in [0.2, 0.25) is 0 Å². The van der Waals surface area contributed by atoms with Crippen LogP contribution in [0.3, 0.4) is 0 Å². The summed E-state index contributed by atoms with van der Waals surface area (Å²) >= 11 is 13.5. The van der Waals surface area contributed by atoms with Crippen LogP contribution in [0.5, 0.6) is 0 Å². The van der Waals surface area contributed by atoms with Gasteiger partial charge in [-0.05, 0) is 49.9 Å². The van der Waals surface area contributed by atoms with Crippen LogP contribution in [0.2, 0.25) is 10.0 Å². The van der Waals surface area contributed by atoms with Crippen molar-refractivity contribution in [3.05, 3.63) is 52.1 Å². The van der Waals surface area contributed by atoms with Crippen LogP contribution in [0.4, 0.5) is 0 Å². The zero-order chi connectivity index (χ0) is 13.8. The summed E-state index contributed by atoms with van der Waals surface area (Å²) in [6.07, 6.45) is 1.82. The van der Waals surface area contributed by atoms with Gasteiger partial charge in [0, 0.05) is 17.1 Å². The van der Waals surface area contributed by atoms with Gasteiger partial charge >= 0.3 is 0 Å². The van der Waals surface area contributed by atoms with Crippen molar-refractivity contribution in [1.29, 1.82) is 0 Å². The molecule has 1 N–H and O–H groups in total. The third kappa shape index (κ3) is 3.86. The van der Waals surface area contributed by atoms with E-state index in [2.05, 4.69) is 23.3 Å². The van der Waals surface area contributed by atoms with Crippen LogP contribution in [0.25, 0.3) is 0 Å². The number of halogens is 2. The number of aromatic nitrogens is 1. The molecule has 100 valence electrons. The van der Waals surface area contributed by atoms with Crippen molar-refractivity contribution in [1.82, 2.24) is 10.3 Å². The maximum Gasteiger partial charge on any atom is 0.101 e. The number of hydrogen-bond acceptors (Lipinski definition) is 3. The van der Waals surface area contributed by atoms with Crippen LogP contribution in [-0.4, -0.2) is 12.0 Å². The van der Waals surface area contributed by atoms with E-state index in [4.69, 9.17) is 23.2 Å². The van der Waals surface area contributed by atoms with Crippen molar-refractivity contribution in [3.63, 3.8) is 0 Å². The van der Waals surface area contributed by atoms with Gasteiger partial charge in [0.1, 0.15) is 5.03 Å². The Labute approximate surface area is 127 Å². The Bertz CT molecular complexity index is 575. The van der Waals surface area contributed by atoms with E-state index in [9.17, 15) is 0 Å². The Kier molecular flexibility index (Phi) is 5.11. The van der Waals surface area contributed by atoms with E-state index in [0.717, 1.165) is 9.92 Å². The van der Waals surface area contributed by atoms with Crippen LogP contribution in [0, 0.1) is 0 Å². The molecule has 1 atom stereocenters. The summed E-state index contributed by atoms with van der Waals surface area (Å²) in [5.41, 5.74) is 1.21. The molecule has 2 rings (SSSR count). The molecule has 0 aliphatic heterocycles. The summed E-state index contributed by atoms with van der Waals surface area (Å²) in [5.74, 6) is 0. The van der Waals surface area contributed by atoms with Crippen LogP contribution in [-0.2, 0) is 0 Å². The lowest BCUT2D eigenvalue weighted by molar-refractivity contribution is 0.649. The summed E-state index contributed by atoms with van der Waals surface area (Å²) < 4.78 is 0. The predicted octanol–water partition coefficient (Wildman–Crippen LogP) is 4.82. The standard InChI is InChI=1S/C14H14Cl2N2S/c1-9(17-2)10-5-6-18-14(7-10)19-11-3-4-12(15)13(16)8-11/h3-9,17H,1-2H3. The molecule has 0 radical (unpaired) electrons. The minimum absolute atomic E-state index is 0.302. The van der Waals surface area contributed by atoms with Gasteiger partial charge < -0.3 is 5.32 Å². The molecule has 0 amide bonds. The van der Waals surface area contributed by atoms with Crippen LogP contribution >= 0.6 is 35.0 Å². The second kappa shape index (κ2) is 6.62. The molecule has 0 saturated carbocycles. The number of nitrogens with zero attached hydrogens (tertiary/aromatic N) is 1. The fourth-order valence-corrected chi connectivity index (χ4v) is 2.80. The monoisotopic (exact) mass is 312 g/mol. The topological polar surface area (TPSA) is 24.9 Å².